The summed E-state index contributed by atoms with van der Waals surface area (Å²) in [4.78, 5) is 22.7. The van der Waals surface area contributed by atoms with Gasteiger partial charge in [-0.15, -0.1) is 0 Å². The first-order valence-electron chi connectivity index (χ1n) is 8.08. The molecular formula is C20H20N4O. The molecule has 0 atom stereocenters. The fourth-order valence-corrected chi connectivity index (χ4v) is 2.37. The number of rotatable bonds is 5. The van der Waals surface area contributed by atoms with Crippen molar-refractivity contribution in [2.45, 2.75) is 13.5 Å². The van der Waals surface area contributed by atoms with E-state index in [1.807, 2.05) is 73.5 Å². The minimum atomic E-state index is -0.234. The highest BCUT2D eigenvalue weighted by atomic mass is 16.1. The van der Waals surface area contributed by atoms with Gasteiger partial charge in [0, 0.05) is 19.3 Å². The van der Waals surface area contributed by atoms with Gasteiger partial charge in [0.25, 0.3) is 5.91 Å². The third kappa shape index (κ3) is 4.20. The zero-order chi connectivity index (χ0) is 17.6. The molecule has 1 amide bonds. The van der Waals surface area contributed by atoms with E-state index in [2.05, 4.69) is 15.3 Å². The molecule has 0 saturated heterocycles. The highest BCUT2D eigenvalue weighted by molar-refractivity contribution is 5.92. The fraction of sp³-hybridized carbons (Fsp3) is 0.150. The van der Waals surface area contributed by atoms with Crippen LogP contribution in [0.5, 0.6) is 0 Å². The van der Waals surface area contributed by atoms with Crippen LogP contribution in [0.4, 0.5) is 11.5 Å². The van der Waals surface area contributed by atoms with E-state index in [1.165, 1.54) is 11.8 Å². The van der Waals surface area contributed by atoms with Crippen LogP contribution in [0.2, 0.25) is 0 Å². The van der Waals surface area contributed by atoms with Crippen molar-refractivity contribution in [3.63, 3.8) is 0 Å². The summed E-state index contributed by atoms with van der Waals surface area (Å²) < 4.78 is 0. The summed E-state index contributed by atoms with van der Waals surface area (Å²) >= 11 is 0. The topological polar surface area (TPSA) is 58.1 Å². The van der Waals surface area contributed by atoms with Crippen molar-refractivity contribution in [1.82, 2.24) is 15.3 Å². The Bertz CT molecular complexity index is 830. The third-order valence-electron chi connectivity index (χ3n) is 3.93. The molecule has 1 aromatic heterocycles. The van der Waals surface area contributed by atoms with E-state index >= 15 is 0 Å². The molecule has 0 saturated carbocycles. The van der Waals surface area contributed by atoms with Gasteiger partial charge in [0.1, 0.15) is 5.69 Å². The number of benzene rings is 2. The zero-order valence-corrected chi connectivity index (χ0v) is 14.3. The second-order valence-electron chi connectivity index (χ2n) is 5.82. The van der Waals surface area contributed by atoms with Crippen molar-refractivity contribution in [3.05, 3.63) is 83.8 Å². The largest absolute Gasteiger partial charge is 0.347 e. The average molecular weight is 332 g/mol. The maximum Gasteiger partial charge on any atom is 0.271 e. The number of aromatic nitrogens is 2. The minimum absolute atomic E-state index is 0.234. The highest BCUT2D eigenvalue weighted by Gasteiger charge is 2.10. The van der Waals surface area contributed by atoms with Crippen molar-refractivity contribution < 1.29 is 4.79 Å². The molecular weight excluding hydrogens is 312 g/mol. The molecule has 0 aliphatic rings. The molecule has 3 aromatic rings. The Kier molecular flexibility index (Phi) is 5.04. The summed E-state index contributed by atoms with van der Waals surface area (Å²) in [5.74, 6) is 0.447. The molecule has 0 spiro atoms. The summed E-state index contributed by atoms with van der Waals surface area (Å²) in [5.41, 5.74) is 3.55. The predicted octanol–water partition coefficient (Wildman–Crippen LogP) is 3.48. The number of anilines is 2. The molecule has 126 valence electrons. The smallest absolute Gasteiger partial charge is 0.271 e. The number of carbonyl (C=O) groups is 1. The van der Waals surface area contributed by atoms with Crippen LogP contribution in [0.25, 0.3) is 0 Å². The Morgan fingerprint density at radius 3 is 2.36 bits per heavy atom. The highest BCUT2D eigenvalue weighted by Crippen LogP contribution is 2.19. The molecule has 0 fully saturated rings. The lowest BCUT2D eigenvalue weighted by atomic mass is 10.1. The number of aryl methyl sites for hydroxylation is 1. The van der Waals surface area contributed by atoms with Gasteiger partial charge in [-0.25, -0.2) is 9.97 Å². The first kappa shape index (κ1) is 16.6. The lowest BCUT2D eigenvalue weighted by molar-refractivity contribution is 0.0945. The monoisotopic (exact) mass is 332 g/mol. The van der Waals surface area contributed by atoms with Crippen LogP contribution in [0.15, 0.2) is 67.0 Å². The van der Waals surface area contributed by atoms with E-state index in [0.29, 0.717) is 18.1 Å². The number of hydrogen-bond donors (Lipinski definition) is 1. The summed E-state index contributed by atoms with van der Waals surface area (Å²) in [6.07, 6.45) is 3.10. The molecule has 3 rings (SSSR count). The van der Waals surface area contributed by atoms with Crippen molar-refractivity contribution >= 4 is 17.4 Å². The Balaban J connectivity index is 1.63. The predicted molar refractivity (Wildman–Crippen MR) is 98.9 cm³/mol. The Morgan fingerprint density at radius 2 is 1.72 bits per heavy atom. The fourth-order valence-electron chi connectivity index (χ4n) is 2.37. The van der Waals surface area contributed by atoms with Crippen molar-refractivity contribution in [1.29, 1.82) is 0 Å². The van der Waals surface area contributed by atoms with Gasteiger partial charge in [0.05, 0.1) is 12.4 Å². The number of carbonyl (C=O) groups excluding carboxylic acids is 1. The molecule has 25 heavy (non-hydrogen) atoms. The number of nitrogens with zero attached hydrogens (tertiary/aromatic N) is 3. The zero-order valence-electron chi connectivity index (χ0n) is 14.3. The van der Waals surface area contributed by atoms with Crippen LogP contribution < -0.4 is 10.2 Å². The van der Waals surface area contributed by atoms with E-state index in [4.69, 9.17) is 0 Å². The van der Waals surface area contributed by atoms with E-state index in [9.17, 15) is 4.79 Å². The van der Waals surface area contributed by atoms with Gasteiger partial charge in [0.15, 0.2) is 5.82 Å². The second kappa shape index (κ2) is 7.57. The van der Waals surface area contributed by atoms with Gasteiger partial charge in [-0.2, -0.15) is 0 Å². The van der Waals surface area contributed by atoms with E-state index in [-0.39, 0.29) is 5.91 Å². The van der Waals surface area contributed by atoms with Gasteiger partial charge >= 0.3 is 0 Å². The van der Waals surface area contributed by atoms with Crippen LogP contribution in [0.3, 0.4) is 0 Å². The molecule has 0 radical (unpaired) electrons. The molecule has 1 N–H and O–H groups in total. The summed E-state index contributed by atoms with van der Waals surface area (Å²) in [6, 6.07) is 17.9. The quantitative estimate of drug-likeness (QED) is 0.777. The Labute approximate surface area is 147 Å². The lowest BCUT2D eigenvalue weighted by Gasteiger charge is -2.17. The molecule has 0 aliphatic carbocycles. The molecule has 5 heteroatoms. The molecule has 0 unspecified atom stereocenters. The number of hydrogen-bond acceptors (Lipinski definition) is 4. The second-order valence-corrected chi connectivity index (χ2v) is 5.82. The van der Waals surface area contributed by atoms with Gasteiger partial charge < -0.3 is 10.2 Å². The minimum Gasteiger partial charge on any atom is -0.347 e. The van der Waals surface area contributed by atoms with Gasteiger partial charge in [0.2, 0.25) is 0 Å². The Hall–Kier alpha value is -3.21. The summed E-state index contributed by atoms with van der Waals surface area (Å²) in [5, 5.41) is 2.86. The first-order valence-corrected chi connectivity index (χ1v) is 8.08. The van der Waals surface area contributed by atoms with Crippen molar-refractivity contribution in [3.8, 4) is 0 Å². The van der Waals surface area contributed by atoms with Crippen LogP contribution in [-0.4, -0.2) is 22.9 Å². The average Bonchev–Trinajstić information content (AvgIpc) is 2.67. The van der Waals surface area contributed by atoms with Crippen LogP contribution >= 0.6 is 0 Å². The van der Waals surface area contributed by atoms with E-state index < -0.39 is 0 Å². The van der Waals surface area contributed by atoms with Crippen molar-refractivity contribution in [2.75, 3.05) is 11.9 Å². The van der Waals surface area contributed by atoms with Gasteiger partial charge in [-0.3, -0.25) is 4.79 Å². The third-order valence-corrected chi connectivity index (χ3v) is 3.93. The Morgan fingerprint density at radius 1 is 1.00 bits per heavy atom. The maximum absolute atomic E-state index is 12.2. The maximum atomic E-state index is 12.2. The first-order chi connectivity index (χ1) is 12.1. The van der Waals surface area contributed by atoms with E-state index in [0.717, 1.165) is 11.3 Å². The molecule has 0 aliphatic heterocycles. The van der Waals surface area contributed by atoms with Crippen molar-refractivity contribution in [2.24, 2.45) is 0 Å². The molecule has 2 aromatic carbocycles. The molecule has 5 nitrogen and oxygen atoms in total. The van der Waals surface area contributed by atoms with Gasteiger partial charge in [-0.05, 0) is 24.6 Å². The SMILES string of the molecule is Cc1ccc(CNC(=O)c2cnc(N(C)c3ccccc3)cn2)cc1. The van der Waals surface area contributed by atoms with Crippen LogP contribution in [0.1, 0.15) is 21.6 Å². The van der Waals surface area contributed by atoms with E-state index in [1.54, 1.807) is 6.20 Å². The molecule has 0 bridgehead atoms. The lowest BCUT2D eigenvalue weighted by Crippen LogP contribution is -2.24. The summed E-state index contributed by atoms with van der Waals surface area (Å²) in [7, 11) is 1.91. The summed E-state index contributed by atoms with van der Waals surface area (Å²) in [6.45, 7) is 2.50. The standard InChI is InChI=1S/C20H20N4O/c1-15-8-10-16(11-9-15)12-23-20(25)18-13-22-19(14-21-18)24(2)17-6-4-3-5-7-17/h3-11,13-14H,12H2,1-2H3,(H,23,25). The number of amides is 1. The number of nitrogens with one attached hydrogen (secondary N) is 1. The van der Waals surface area contributed by atoms with Crippen LogP contribution in [-0.2, 0) is 6.54 Å². The number of para-hydroxylation sites is 1. The molecule has 1 heterocycles. The van der Waals surface area contributed by atoms with Gasteiger partial charge in [-0.1, -0.05) is 48.0 Å². The normalized spacial score (nSPS) is 10.3. The van der Waals surface area contributed by atoms with Crippen LogP contribution in [0, 0.1) is 6.92 Å².